The summed E-state index contributed by atoms with van der Waals surface area (Å²) in [6, 6.07) is 10.8. The summed E-state index contributed by atoms with van der Waals surface area (Å²) in [6.07, 6.45) is 0.498. The fourth-order valence-corrected chi connectivity index (χ4v) is 3.12. The second kappa shape index (κ2) is 8.57. The van der Waals surface area contributed by atoms with Crippen LogP contribution in [0.25, 0.3) is 0 Å². The van der Waals surface area contributed by atoms with Crippen LogP contribution in [0.3, 0.4) is 0 Å². The zero-order valence-corrected chi connectivity index (χ0v) is 15.9. The Morgan fingerprint density at radius 3 is 2.66 bits per heavy atom. The molecule has 0 aliphatic carbocycles. The number of hydrogen-bond donors (Lipinski definition) is 2. The van der Waals surface area contributed by atoms with E-state index in [0.717, 1.165) is 0 Å². The molecule has 2 aromatic rings. The van der Waals surface area contributed by atoms with Crippen molar-refractivity contribution in [1.82, 2.24) is 4.90 Å². The van der Waals surface area contributed by atoms with Crippen LogP contribution in [0.5, 0.6) is 5.75 Å². The molecule has 2 amide bonds. The normalized spacial score (nSPS) is 15.6. The van der Waals surface area contributed by atoms with Gasteiger partial charge >= 0.3 is 5.92 Å². The van der Waals surface area contributed by atoms with Gasteiger partial charge in [0.15, 0.2) is 5.75 Å². The fourth-order valence-electron chi connectivity index (χ4n) is 3.12. The van der Waals surface area contributed by atoms with Gasteiger partial charge in [-0.3, -0.25) is 9.59 Å². The van der Waals surface area contributed by atoms with Gasteiger partial charge in [0, 0.05) is 12.1 Å². The van der Waals surface area contributed by atoms with E-state index in [0.29, 0.717) is 13.0 Å². The molecule has 0 saturated heterocycles. The Labute approximate surface area is 167 Å². The second-order valence-electron chi connectivity index (χ2n) is 6.81. The number of halogens is 2. The van der Waals surface area contributed by atoms with Gasteiger partial charge in [0.05, 0.1) is 30.5 Å². The number of alkyl halides is 2. The Hall–Kier alpha value is -3.00. The Morgan fingerprint density at radius 1 is 1.24 bits per heavy atom. The maximum atomic E-state index is 14.5. The minimum Gasteiger partial charge on any atom is -0.490 e. The Morgan fingerprint density at radius 2 is 1.97 bits per heavy atom. The molecule has 154 valence electrons. The van der Waals surface area contributed by atoms with E-state index in [-0.39, 0.29) is 30.2 Å². The minimum atomic E-state index is -3.76. The van der Waals surface area contributed by atoms with Gasteiger partial charge in [0.2, 0.25) is 0 Å². The second-order valence-corrected chi connectivity index (χ2v) is 6.81. The monoisotopic (exact) mass is 404 g/mol. The van der Waals surface area contributed by atoms with Crippen molar-refractivity contribution in [1.29, 1.82) is 0 Å². The van der Waals surface area contributed by atoms with E-state index in [1.807, 2.05) is 0 Å². The zero-order valence-electron chi connectivity index (χ0n) is 15.9. The molecule has 0 saturated carbocycles. The van der Waals surface area contributed by atoms with Crippen LogP contribution in [0, 0.1) is 0 Å². The van der Waals surface area contributed by atoms with Crippen LogP contribution in [0.2, 0.25) is 0 Å². The number of hydrogen-bond acceptors (Lipinski definition) is 4. The number of fused-ring (bicyclic) bond motifs is 1. The highest BCUT2D eigenvalue weighted by Crippen LogP contribution is 2.35. The summed E-state index contributed by atoms with van der Waals surface area (Å²) in [5.41, 5.74) is -0.294. The maximum Gasteiger partial charge on any atom is 0.350 e. The first kappa shape index (κ1) is 20.7. The maximum absolute atomic E-state index is 14.5. The summed E-state index contributed by atoms with van der Waals surface area (Å²) >= 11 is 0. The third kappa shape index (κ3) is 4.22. The highest BCUT2D eigenvalue weighted by atomic mass is 19.3. The van der Waals surface area contributed by atoms with Crippen molar-refractivity contribution in [3.05, 3.63) is 59.7 Å². The average molecular weight is 404 g/mol. The molecule has 0 fully saturated rings. The summed E-state index contributed by atoms with van der Waals surface area (Å²) in [4.78, 5) is 26.8. The van der Waals surface area contributed by atoms with Crippen molar-refractivity contribution in [2.24, 2.45) is 0 Å². The van der Waals surface area contributed by atoms with Crippen molar-refractivity contribution in [3.63, 3.8) is 0 Å². The summed E-state index contributed by atoms with van der Waals surface area (Å²) in [5, 5.41) is 11.6. The highest BCUT2D eigenvalue weighted by Gasteiger charge is 2.41. The smallest absolute Gasteiger partial charge is 0.350 e. The molecule has 0 radical (unpaired) electrons. The van der Waals surface area contributed by atoms with E-state index in [1.165, 1.54) is 47.4 Å². The zero-order chi connectivity index (χ0) is 21.0. The first-order valence-corrected chi connectivity index (χ1v) is 9.28. The molecule has 0 bridgehead atoms. The van der Waals surface area contributed by atoms with E-state index in [2.05, 4.69) is 5.32 Å². The number of nitrogens with one attached hydrogen (secondary N) is 1. The number of benzene rings is 2. The van der Waals surface area contributed by atoms with E-state index in [9.17, 15) is 23.5 Å². The number of nitrogens with zero attached hydrogens (tertiary/aromatic N) is 1. The van der Waals surface area contributed by atoms with Crippen LogP contribution >= 0.6 is 0 Å². The van der Waals surface area contributed by atoms with Crippen molar-refractivity contribution in [2.45, 2.75) is 25.3 Å². The van der Waals surface area contributed by atoms with Gasteiger partial charge in [-0.15, -0.1) is 0 Å². The number of carbonyl (C=O) groups excluding carboxylic acids is 2. The molecule has 2 N–H and O–H groups in total. The number of ether oxygens (including phenoxy) is 1. The van der Waals surface area contributed by atoms with Crippen LogP contribution in [0.1, 0.15) is 29.3 Å². The van der Waals surface area contributed by atoms with Crippen molar-refractivity contribution in [3.8, 4) is 5.75 Å². The van der Waals surface area contributed by atoms with Gasteiger partial charge in [-0.25, -0.2) is 0 Å². The third-order valence-corrected chi connectivity index (χ3v) is 4.76. The van der Waals surface area contributed by atoms with Crippen LogP contribution < -0.4 is 10.1 Å². The Bertz CT molecular complexity index is 890. The molecular formula is C21H22F2N2O4. The lowest BCUT2D eigenvalue weighted by atomic mass is 10.1. The van der Waals surface area contributed by atoms with E-state index in [1.54, 1.807) is 13.0 Å². The van der Waals surface area contributed by atoms with Gasteiger partial charge in [-0.05, 0) is 25.5 Å². The predicted molar refractivity (Wildman–Crippen MR) is 103 cm³/mol. The lowest BCUT2D eigenvalue weighted by Gasteiger charge is -2.31. The molecule has 0 spiro atoms. The SMILES string of the molecule is C[C@@H](CO)N1CCCOc2c(NC(=O)C(F)(F)c3ccccc3)cccc2C1=O. The Kier molecular flexibility index (Phi) is 6.12. The van der Waals surface area contributed by atoms with Crippen LogP contribution in [-0.4, -0.2) is 47.6 Å². The number of aliphatic hydroxyl groups is 1. The standard InChI is InChI=1S/C21H22F2N2O4/c1-14(13-26)25-11-6-12-29-18-16(19(25)27)9-5-10-17(18)24-20(28)21(22,23)15-7-3-2-4-8-15/h2-5,7-10,14,26H,6,11-13H2,1H3,(H,24,28)/t14-/m0/s1. The number of anilines is 1. The van der Waals surface area contributed by atoms with Gasteiger partial charge in [-0.1, -0.05) is 36.4 Å². The molecule has 8 heteroatoms. The summed E-state index contributed by atoms with van der Waals surface area (Å²) < 4.78 is 34.7. The van der Waals surface area contributed by atoms with Crippen molar-refractivity contribution >= 4 is 17.5 Å². The molecule has 1 aliphatic rings. The number of rotatable bonds is 5. The topological polar surface area (TPSA) is 78.9 Å². The molecule has 1 aliphatic heterocycles. The molecule has 3 rings (SSSR count). The molecule has 0 aromatic heterocycles. The molecule has 1 atom stereocenters. The lowest BCUT2D eigenvalue weighted by Crippen LogP contribution is -2.43. The number of carbonyl (C=O) groups is 2. The van der Waals surface area contributed by atoms with E-state index < -0.39 is 29.3 Å². The number of para-hydroxylation sites is 1. The van der Waals surface area contributed by atoms with Gasteiger partial charge < -0.3 is 20.1 Å². The first-order chi connectivity index (χ1) is 13.9. The summed E-state index contributed by atoms with van der Waals surface area (Å²) in [5.74, 6) is -5.62. The highest BCUT2D eigenvalue weighted by molar-refractivity contribution is 6.03. The minimum absolute atomic E-state index is 0.00467. The molecule has 29 heavy (non-hydrogen) atoms. The molecule has 6 nitrogen and oxygen atoms in total. The first-order valence-electron chi connectivity index (χ1n) is 9.28. The van der Waals surface area contributed by atoms with Crippen molar-refractivity contribution in [2.75, 3.05) is 25.1 Å². The van der Waals surface area contributed by atoms with Crippen LogP contribution in [-0.2, 0) is 10.7 Å². The van der Waals surface area contributed by atoms with Crippen LogP contribution in [0.4, 0.5) is 14.5 Å². The van der Waals surface area contributed by atoms with Crippen molar-refractivity contribution < 1.29 is 28.2 Å². The van der Waals surface area contributed by atoms with Gasteiger partial charge in [-0.2, -0.15) is 8.78 Å². The predicted octanol–water partition coefficient (Wildman–Crippen LogP) is 3.02. The summed E-state index contributed by atoms with van der Waals surface area (Å²) in [7, 11) is 0. The molecule has 2 aromatic carbocycles. The average Bonchev–Trinajstić information content (AvgIpc) is 2.72. The van der Waals surface area contributed by atoms with Crippen LogP contribution in [0.15, 0.2) is 48.5 Å². The van der Waals surface area contributed by atoms with Gasteiger partial charge in [0.1, 0.15) is 0 Å². The Balaban J connectivity index is 1.92. The quantitative estimate of drug-likeness (QED) is 0.803. The summed E-state index contributed by atoms with van der Waals surface area (Å²) in [6.45, 7) is 2.13. The van der Waals surface area contributed by atoms with E-state index >= 15 is 0 Å². The molecular weight excluding hydrogens is 382 g/mol. The largest absolute Gasteiger partial charge is 0.490 e. The lowest BCUT2D eigenvalue weighted by molar-refractivity contribution is -0.140. The molecule has 1 heterocycles. The third-order valence-electron chi connectivity index (χ3n) is 4.76. The number of aliphatic hydroxyl groups excluding tert-OH is 1. The van der Waals surface area contributed by atoms with E-state index in [4.69, 9.17) is 4.74 Å². The molecule has 0 unspecified atom stereocenters. The fraction of sp³-hybridized carbons (Fsp3) is 0.333. The van der Waals surface area contributed by atoms with Gasteiger partial charge in [0.25, 0.3) is 11.8 Å². The number of amides is 2.